The van der Waals surface area contributed by atoms with Crippen LogP contribution in [0.15, 0.2) is 12.3 Å². The molecule has 0 saturated heterocycles. The number of aromatic nitrogens is 1. The van der Waals surface area contributed by atoms with Crippen molar-refractivity contribution >= 4 is 5.82 Å². The van der Waals surface area contributed by atoms with Crippen LogP contribution in [-0.4, -0.2) is 37.8 Å². The van der Waals surface area contributed by atoms with Gasteiger partial charge >= 0.3 is 0 Å². The molecular weight excluding hydrogens is 250 g/mol. The number of rotatable bonds is 9. The number of hydrogen-bond donors (Lipinski definition) is 1. The fourth-order valence-electron chi connectivity index (χ4n) is 2.28. The van der Waals surface area contributed by atoms with Crippen molar-refractivity contribution in [2.24, 2.45) is 0 Å². The van der Waals surface area contributed by atoms with Crippen LogP contribution in [0, 0.1) is 6.92 Å². The predicted octanol–water partition coefficient (Wildman–Crippen LogP) is 2.75. The Labute approximate surface area is 123 Å². The molecule has 1 heterocycles. The lowest BCUT2D eigenvalue weighted by Crippen LogP contribution is -2.33. The van der Waals surface area contributed by atoms with Crippen molar-refractivity contribution in [2.45, 2.75) is 46.7 Å². The quantitative estimate of drug-likeness (QED) is 0.705. The third-order valence-corrected chi connectivity index (χ3v) is 3.28. The number of aryl methyl sites for hydroxylation is 1. The average Bonchev–Trinajstić information content (AvgIpc) is 2.41. The summed E-state index contributed by atoms with van der Waals surface area (Å²) in [4.78, 5) is 7.04. The first kappa shape index (κ1) is 16.9. The molecule has 0 aliphatic rings. The second kappa shape index (κ2) is 8.93. The van der Waals surface area contributed by atoms with Crippen molar-refractivity contribution in [1.82, 2.24) is 10.3 Å². The van der Waals surface area contributed by atoms with E-state index in [1.165, 1.54) is 11.1 Å². The van der Waals surface area contributed by atoms with E-state index in [0.29, 0.717) is 6.04 Å². The molecule has 0 unspecified atom stereocenters. The molecule has 4 nitrogen and oxygen atoms in total. The standard InChI is InChI=1S/C16H29N3O/c1-6-8-19(13(2)3)16-14(4)10-15(12-18-16)11-17-7-9-20-5/h10,12-13,17H,6-9,11H2,1-5H3. The van der Waals surface area contributed by atoms with Gasteiger partial charge in [0, 0.05) is 39.0 Å². The van der Waals surface area contributed by atoms with E-state index in [0.717, 1.165) is 38.5 Å². The third kappa shape index (κ3) is 5.10. The van der Waals surface area contributed by atoms with E-state index in [-0.39, 0.29) is 0 Å². The Morgan fingerprint density at radius 2 is 2.15 bits per heavy atom. The van der Waals surface area contributed by atoms with E-state index in [4.69, 9.17) is 4.74 Å². The van der Waals surface area contributed by atoms with Crippen LogP contribution in [-0.2, 0) is 11.3 Å². The van der Waals surface area contributed by atoms with Gasteiger partial charge in [-0.1, -0.05) is 6.92 Å². The summed E-state index contributed by atoms with van der Waals surface area (Å²) in [5.74, 6) is 1.11. The van der Waals surface area contributed by atoms with Gasteiger partial charge < -0.3 is 15.0 Å². The zero-order chi connectivity index (χ0) is 15.0. The monoisotopic (exact) mass is 279 g/mol. The fraction of sp³-hybridized carbons (Fsp3) is 0.688. The van der Waals surface area contributed by atoms with Crippen molar-refractivity contribution in [2.75, 3.05) is 31.7 Å². The minimum Gasteiger partial charge on any atom is -0.383 e. The molecule has 0 aliphatic carbocycles. The molecule has 1 N–H and O–H groups in total. The van der Waals surface area contributed by atoms with Crippen molar-refractivity contribution in [3.05, 3.63) is 23.4 Å². The van der Waals surface area contributed by atoms with Gasteiger partial charge in [0.2, 0.25) is 0 Å². The maximum absolute atomic E-state index is 5.02. The first-order chi connectivity index (χ1) is 9.60. The summed E-state index contributed by atoms with van der Waals surface area (Å²) >= 11 is 0. The number of methoxy groups -OCH3 is 1. The molecule has 0 amide bonds. The summed E-state index contributed by atoms with van der Waals surface area (Å²) in [5, 5.41) is 3.35. The zero-order valence-electron chi connectivity index (χ0n) is 13.6. The second-order valence-electron chi connectivity index (χ2n) is 5.44. The maximum atomic E-state index is 5.02. The van der Waals surface area contributed by atoms with E-state index >= 15 is 0 Å². The molecule has 1 aromatic heterocycles. The molecule has 0 bridgehead atoms. The maximum Gasteiger partial charge on any atom is 0.131 e. The molecule has 0 radical (unpaired) electrons. The molecule has 0 saturated carbocycles. The molecule has 0 fully saturated rings. The SMILES string of the molecule is CCCN(c1ncc(CNCCOC)cc1C)C(C)C. The van der Waals surface area contributed by atoms with Crippen LogP contribution >= 0.6 is 0 Å². The van der Waals surface area contributed by atoms with Crippen LogP contribution in [0.4, 0.5) is 5.82 Å². The summed E-state index contributed by atoms with van der Waals surface area (Å²) in [6, 6.07) is 2.71. The van der Waals surface area contributed by atoms with E-state index in [9.17, 15) is 0 Å². The Balaban J connectivity index is 2.71. The van der Waals surface area contributed by atoms with Gasteiger partial charge in [-0.15, -0.1) is 0 Å². The highest BCUT2D eigenvalue weighted by Gasteiger charge is 2.13. The molecule has 114 valence electrons. The smallest absolute Gasteiger partial charge is 0.131 e. The molecule has 0 aliphatic heterocycles. The first-order valence-corrected chi connectivity index (χ1v) is 7.52. The average molecular weight is 279 g/mol. The lowest BCUT2D eigenvalue weighted by molar-refractivity contribution is 0.199. The molecule has 0 atom stereocenters. The van der Waals surface area contributed by atoms with Crippen LogP contribution in [0.1, 0.15) is 38.3 Å². The van der Waals surface area contributed by atoms with E-state index in [2.05, 4.69) is 49.0 Å². The summed E-state index contributed by atoms with van der Waals surface area (Å²) in [5.41, 5.74) is 2.47. The number of nitrogens with zero attached hydrogens (tertiary/aromatic N) is 2. The molecule has 20 heavy (non-hydrogen) atoms. The lowest BCUT2D eigenvalue weighted by Gasteiger charge is -2.29. The molecule has 0 aromatic carbocycles. The topological polar surface area (TPSA) is 37.4 Å². The number of ether oxygens (including phenoxy) is 1. The van der Waals surface area contributed by atoms with Crippen LogP contribution in [0.5, 0.6) is 0 Å². The Kier molecular flexibility index (Phi) is 7.55. The third-order valence-electron chi connectivity index (χ3n) is 3.28. The van der Waals surface area contributed by atoms with Gasteiger partial charge in [0.1, 0.15) is 5.82 Å². The first-order valence-electron chi connectivity index (χ1n) is 7.52. The van der Waals surface area contributed by atoms with Gasteiger partial charge in [-0.2, -0.15) is 0 Å². The Morgan fingerprint density at radius 1 is 1.40 bits per heavy atom. The zero-order valence-corrected chi connectivity index (χ0v) is 13.6. The van der Waals surface area contributed by atoms with Gasteiger partial charge in [0.25, 0.3) is 0 Å². The van der Waals surface area contributed by atoms with Crippen LogP contribution in [0.25, 0.3) is 0 Å². The van der Waals surface area contributed by atoms with E-state index < -0.39 is 0 Å². The summed E-state index contributed by atoms with van der Waals surface area (Å²) in [7, 11) is 1.72. The largest absolute Gasteiger partial charge is 0.383 e. The Bertz CT molecular complexity index is 393. The normalized spacial score (nSPS) is 11.1. The summed E-state index contributed by atoms with van der Waals surface area (Å²) < 4.78 is 5.02. The van der Waals surface area contributed by atoms with Crippen molar-refractivity contribution in [3.8, 4) is 0 Å². The van der Waals surface area contributed by atoms with Gasteiger partial charge in [-0.05, 0) is 44.4 Å². The number of hydrogen-bond acceptors (Lipinski definition) is 4. The Hall–Kier alpha value is -1.13. The number of nitrogens with one attached hydrogen (secondary N) is 1. The van der Waals surface area contributed by atoms with Crippen molar-refractivity contribution < 1.29 is 4.74 Å². The molecule has 1 aromatic rings. The van der Waals surface area contributed by atoms with Crippen LogP contribution in [0.3, 0.4) is 0 Å². The van der Waals surface area contributed by atoms with Gasteiger partial charge in [-0.25, -0.2) is 4.98 Å². The lowest BCUT2D eigenvalue weighted by atomic mass is 10.1. The molecule has 0 spiro atoms. The van der Waals surface area contributed by atoms with Gasteiger partial charge in [-0.3, -0.25) is 0 Å². The van der Waals surface area contributed by atoms with Crippen molar-refractivity contribution in [1.29, 1.82) is 0 Å². The summed E-state index contributed by atoms with van der Waals surface area (Å²) in [6.45, 7) is 12.3. The minimum absolute atomic E-state index is 0.479. The predicted molar refractivity (Wildman–Crippen MR) is 85.3 cm³/mol. The van der Waals surface area contributed by atoms with Crippen LogP contribution < -0.4 is 10.2 Å². The Morgan fingerprint density at radius 3 is 2.70 bits per heavy atom. The highest BCUT2D eigenvalue weighted by Crippen LogP contribution is 2.20. The summed E-state index contributed by atoms with van der Waals surface area (Å²) in [6.07, 6.45) is 3.12. The molecule has 1 rings (SSSR count). The minimum atomic E-state index is 0.479. The van der Waals surface area contributed by atoms with Gasteiger partial charge in [0.05, 0.1) is 6.61 Å². The van der Waals surface area contributed by atoms with Gasteiger partial charge in [0.15, 0.2) is 0 Å². The number of anilines is 1. The fourth-order valence-corrected chi connectivity index (χ4v) is 2.28. The van der Waals surface area contributed by atoms with E-state index in [1.54, 1.807) is 7.11 Å². The second-order valence-corrected chi connectivity index (χ2v) is 5.44. The van der Waals surface area contributed by atoms with Crippen LogP contribution in [0.2, 0.25) is 0 Å². The van der Waals surface area contributed by atoms with Crippen molar-refractivity contribution in [3.63, 3.8) is 0 Å². The highest BCUT2D eigenvalue weighted by atomic mass is 16.5. The molecule has 4 heteroatoms. The number of pyridine rings is 1. The highest BCUT2D eigenvalue weighted by molar-refractivity contribution is 5.48. The molecular formula is C16H29N3O. The van der Waals surface area contributed by atoms with E-state index in [1.807, 2.05) is 6.20 Å².